The van der Waals surface area contributed by atoms with E-state index in [0.717, 1.165) is 6.08 Å². The molecule has 0 rings (SSSR count). The van der Waals surface area contributed by atoms with Crippen LogP contribution in [0.5, 0.6) is 0 Å². The number of hydrogen-bond donors (Lipinski definition) is 1. The molecular weight excluding hydrogens is 220 g/mol. The maximum Gasteiger partial charge on any atom is 0.330 e. The molecule has 0 aliphatic heterocycles. The Bertz CT molecular complexity index is 306. The molecule has 0 aliphatic carbocycles. The number of ether oxygens (including phenoxy) is 1. The third-order valence-corrected chi connectivity index (χ3v) is 3.18. The molecule has 0 spiro atoms. The molecule has 0 aliphatic rings. The SMILES string of the molecule is C=CC(=O)OCCCCC(C)S(=O)(=O)O. The number of hydrogen-bond acceptors (Lipinski definition) is 4. The van der Waals surface area contributed by atoms with Crippen molar-refractivity contribution in [2.75, 3.05) is 6.61 Å². The largest absolute Gasteiger partial charge is 0.463 e. The average Bonchev–Trinajstić information content (AvgIpc) is 2.15. The van der Waals surface area contributed by atoms with Crippen LogP contribution >= 0.6 is 0 Å². The van der Waals surface area contributed by atoms with E-state index >= 15 is 0 Å². The zero-order chi connectivity index (χ0) is 11.9. The molecule has 1 unspecified atom stereocenters. The minimum atomic E-state index is -3.93. The summed E-state index contributed by atoms with van der Waals surface area (Å²) in [5.41, 5.74) is 0. The van der Waals surface area contributed by atoms with Gasteiger partial charge in [-0.2, -0.15) is 8.42 Å². The highest BCUT2D eigenvalue weighted by Crippen LogP contribution is 2.08. The van der Waals surface area contributed by atoms with E-state index in [4.69, 9.17) is 4.55 Å². The fourth-order valence-electron chi connectivity index (χ4n) is 0.914. The second-order valence-electron chi connectivity index (χ2n) is 3.19. The first kappa shape index (κ1) is 14.1. The minimum Gasteiger partial charge on any atom is -0.463 e. The molecule has 15 heavy (non-hydrogen) atoms. The zero-order valence-electron chi connectivity index (χ0n) is 8.68. The Morgan fingerprint density at radius 1 is 1.53 bits per heavy atom. The average molecular weight is 236 g/mol. The molecule has 5 nitrogen and oxygen atoms in total. The van der Waals surface area contributed by atoms with Gasteiger partial charge in [-0.15, -0.1) is 0 Å². The van der Waals surface area contributed by atoms with Crippen molar-refractivity contribution in [1.29, 1.82) is 0 Å². The van der Waals surface area contributed by atoms with Crippen molar-refractivity contribution in [3.05, 3.63) is 12.7 Å². The Morgan fingerprint density at radius 2 is 2.13 bits per heavy atom. The van der Waals surface area contributed by atoms with Gasteiger partial charge in [-0.1, -0.05) is 6.58 Å². The molecular formula is C9H16O5S. The fourth-order valence-corrected chi connectivity index (χ4v) is 1.38. The highest BCUT2D eigenvalue weighted by Gasteiger charge is 2.16. The molecule has 1 N–H and O–H groups in total. The van der Waals surface area contributed by atoms with E-state index < -0.39 is 21.3 Å². The summed E-state index contributed by atoms with van der Waals surface area (Å²) in [6.45, 7) is 4.91. The summed E-state index contributed by atoms with van der Waals surface area (Å²) in [5.74, 6) is -0.488. The Morgan fingerprint density at radius 3 is 2.60 bits per heavy atom. The van der Waals surface area contributed by atoms with Crippen LogP contribution in [-0.2, 0) is 19.6 Å². The van der Waals surface area contributed by atoms with Crippen molar-refractivity contribution < 1.29 is 22.5 Å². The molecule has 0 fully saturated rings. The van der Waals surface area contributed by atoms with Gasteiger partial charge in [0.2, 0.25) is 0 Å². The summed E-state index contributed by atoms with van der Waals surface area (Å²) >= 11 is 0. The number of esters is 1. The molecule has 0 aromatic rings. The van der Waals surface area contributed by atoms with E-state index in [-0.39, 0.29) is 6.61 Å². The minimum absolute atomic E-state index is 0.239. The summed E-state index contributed by atoms with van der Waals surface area (Å²) < 4.78 is 34.5. The van der Waals surface area contributed by atoms with Crippen LogP contribution in [-0.4, -0.2) is 30.8 Å². The Kier molecular flexibility index (Phi) is 6.19. The van der Waals surface area contributed by atoms with Crippen molar-refractivity contribution >= 4 is 16.1 Å². The van der Waals surface area contributed by atoms with Gasteiger partial charge in [-0.3, -0.25) is 4.55 Å². The lowest BCUT2D eigenvalue weighted by Crippen LogP contribution is -2.16. The molecule has 0 heterocycles. The lowest BCUT2D eigenvalue weighted by molar-refractivity contribution is -0.137. The van der Waals surface area contributed by atoms with E-state index in [9.17, 15) is 13.2 Å². The van der Waals surface area contributed by atoms with Crippen LogP contribution in [0.25, 0.3) is 0 Å². The smallest absolute Gasteiger partial charge is 0.330 e. The molecule has 6 heteroatoms. The number of rotatable bonds is 7. The summed E-state index contributed by atoms with van der Waals surface area (Å²) in [6.07, 6.45) is 2.57. The first-order valence-electron chi connectivity index (χ1n) is 4.63. The van der Waals surface area contributed by atoms with Gasteiger partial charge in [0.1, 0.15) is 0 Å². The predicted octanol–water partition coefficient (Wildman–Crippen LogP) is 1.16. The van der Waals surface area contributed by atoms with Gasteiger partial charge in [-0.05, 0) is 26.2 Å². The second kappa shape index (κ2) is 6.58. The van der Waals surface area contributed by atoms with Crippen molar-refractivity contribution in [2.24, 2.45) is 0 Å². The third kappa shape index (κ3) is 7.10. The van der Waals surface area contributed by atoms with Crippen LogP contribution < -0.4 is 0 Å². The van der Waals surface area contributed by atoms with Crippen molar-refractivity contribution in [1.82, 2.24) is 0 Å². The van der Waals surface area contributed by atoms with Gasteiger partial charge in [-0.25, -0.2) is 4.79 Å². The Labute approximate surface area is 89.9 Å². The molecule has 88 valence electrons. The van der Waals surface area contributed by atoms with Crippen LogP contribution in [0.2, 0.25) is 0 Å². The van der Waals surface area contributed by atoms with E-state index in [1.54, 1.807) is 0 Å². The van der Waals surface area contributed by atoms with Crippen molar-refractivity contribution in [2.45, 2.75) is 31.4 Å². The maximum atomic E-state index is 10.6. The van der Waals surface area contributed by atoms with Gasteiger partial charge in [0.15, 0.2) is 0 Å². The van der Waals surface area contributed by atoms with Crippen molar-refractivity contribution in [3.63, 3.8) is 0 Å². The second-order valence-corrected chi connectivity index (χ2v) is 5.03. The summed E-state index contributed by atoms with van der Waals surface area (Å²) in [4.78, 5) is 10.6. The number of carbonyl (C=O) groups excluding carboxylic acids is 1. The molecule has 0 aromatic carbocycles. The fraction of sp³-hybridized carbons (Fsp3) is 0.667. The maximum absolute atomic E-state index is 10.6. The Balaban J connectivity index is 3.56. The Hall–Kier alpha value is -0.880. The molecule has 1 atom stereocenters. The normalized spacial score (nSPS) is 13.2. The molecule has 0 saturated heterocycles. The number of unbranched alkanes of at least 4 members (excludes halogenated alkanes) is 1. The standard InChI is InChI=1S/C9H16O5S/c1-3-9(10)14-7-5-4-6-8(2)15(11,12)13/h3,8H,1,4-7H2,2H3,(H,11,12,13). The van der Waals surface area contributed by atoms with Gasteiger partial charge in [0.25, 0.3) is 10.1 Å². The number of carbonyl (C=O) groups is 1. The summed E-state index contributed by atoms with van der Waals surface area (Å²) in [7, 11) is -3.93. The lowest BCUT2D eigenvalue weighted by atomic mass is 10.2. The molecule has 0 amide bonds. The molecule has 0 bridgehead atoms. The van der Waals surface area contributed by atoms with E-state index in [2.05, 4.69) is 11.3 Å². The molecule has 0 saturated carbocycles. The van der Waals surface area contributed by atoms with E-state index in [1.165, 1.54) is 6.92 Å². The van der Waals surface area contributed by atoms with Gasteiger partial charge in [0, 0.05) is 6.08 Å². The predicted molar refractivity (Wildman–Crippen MR) is 56.0 cm³/mol. The van der Waals surface area contributed by atoms with Crippen molar-refractivity contribution in [3.8, 4) is 0 Å². The van der Waals surface area contributed by atoms with Gasteiger partial charge in [0.05, 0.1) is 11.9 Å². The first-order valence-corrected chi connectivity index (χ1v) is 6.13. The molecule has 0 radical (unpaired) electrons. The van der Waals surface area contributed by atoms with E-state index in [1.807, 2.05) is 0 Å². The monoisotopic (exact) mass is 236 g/mol. The lowest BCUT2D eigenvalue weighted by Gasteiger charge is -2.07. The topological polar surface area (TPSA) is 80.7 Å². The van der Waals surface area contributed by atoms with Crippen LogP contribution in [0.4, 0.5) is 0 Å². The highest BCUT2D eigenvalue weighted by atomic mass is 32.2. The van der Waals surface area contributed by atoms with Crippen LogP contribution in [0, 0.1) is 0 Å². The van der Waals surface area contributed by atoms with Gasteiger partial charge >= 0.3 is 5.97 Å². The quantitative estimate of drug-likeness (QED) is 0.310. The van der Waals surface area contributed by atoms with E-state index in [0.29, 0.717) is 19.3 Å². The molecule has 0 aromatic heterocycles. The third-order valence-electron chi connectivity index (χ3n) is 1.92. The van der Waals surface area contributed by atoms with Crippen LogP contribution in [0.1, 0.15) is 26.2 Å². The zero-order valence-corrected chi connectivity index (χ0v) is 9.50. The summed E-state index contributed by atoms with van der Waals surface area (Å²) in [6, 6.07) is 0. The van der Waals surface area contributed by atoms with Crippen LogP contribution in [0.3, 0.4) is 0 Å². The highest BCUT2D eigenvalue weighted by molar-refractivity contribution is 7.86. The summed E-state index contributed by atoms with van der Waals surface area (Å²) in [5, 5.41) is -0.771. The first-order chi connectivity index (χ1) is 6.88. The van der Waals surface area contributed by atoms with Gasteiger partial charge < -0.3 is 4.74 Å². The van der Waals surface area contributed by atoms with Crippen LogP contribution in [0.15, 0.2) is 12.7 Å².